The van der Waals surface area contributed by atoms with Crippen molar-refractivity contribution >= 4 is 0 Å². The van der Waals surface area contributed by atoms with Crippen LogP contribution in [-0.2, 0) is 0 Å². The zero-order valence-corrected chi connectivity index (χ0v) is 10.6. The summed E-state index contributed by atoms with van der Waals surface area (Å²) < 4.78 is 6.05. The van der Waals surface area contributed by atoms with E-state index in [1.165, 1.54) is 19.3 Å². The van der Waals surface area contributed by atoms with E-state index in [1.54, 1.807) is 0 Å². The molecule has 0 radical (unpaired) electrons. The summed E-state index contributed by atoms with van der Waals surface area (Å²) in [6, 6.07) is 7.88. The van der Waals surface area contributed by atoms with E-state index in [2.05, 4.69) is 0 Å². The van der Waals surface area contributed by atoms with Gasteiger partial charge in [-0.05, 0) is 38.2 Å². The summed E-state index contributed by atoms with van der Waals surface area (Å²) in [5.41, 5.74) is 0.931. The maximum Gasteiger partial charge on any atom is 0.125 e. The van der Waals surface area contributed by atoms with Gasteiger partial charge < -0.3 is 9.84 Å². The molecule has 0 spiro atoms. The first kappa shape index (κ1) is 12.4. The first-order valence-electron chi connectivity index (χ1n) is 6.75. The number of hydrogen-bond acceptors (Lipinski definition) is 2. The highest BCUT2D eigenvalue weighted by Gasteiger charge is 2.18. The molecule has 94 valence electrons. The molecule has 0 aromatic heterocycles. The molecule has 1 unspecified atom stereocenters. The van der Waals surface area contributed by atoms with E-state index < -0.39 is 6.10 Å². The molecule has 0 saturated heterocycles. The standard InChI is InChI=1S/C15H22O2/c1-2-14(16)13-10-6-7-11-15(13)17-12-8-4-3-5-9-12/h6-7,10-12,14,16H,2-5,8-9H2,1H3. The van der Waals surface area contributed by atoms with Gasteiger partial charge in [-0.2, -0.15) is 0 Å². The van der Waals surface area contributed by atoms with Crippen LogP contribution in [0.4, 0.5) is 0 Å². The number of benzene rings is 1. The van der Waals surface area contributed by atoms with Crippen LogP contribution in [0.5, 0.6) is 5.75 Å². The second kappa shape index (κ2) is 6.06. The third-order valence-corrected chi connectivity index (χ3v) is 3.51. The maximum atomic E-state index is 9.96. The Morgan fingerprint density at radius 2 is 1.94 bits per heavy atom. The highest BCUT2D eigenvalue weighted by atomic mass is 16.5. The molecule has 1 atom stereocenters. The van der Waals surface area contributed by atoms with E-state index >= 15 is 0 Å². The molecule has 1 aliphatic rings. The Bertz CT molecular complexity index is 343. The Balaban J connectivity index is 2.08. The van der Waals surface area contributed by atoms with Crippen molar-refractivity contribution in [1.29, 1.82) is 0 Å². The molecule has 17 heavy (non-hydrogen) atoms. The molecule has 0 bridgehead atoms. The number of ether oxygens (including phenoxy) is 1. The first-order valence-corrected chi connectivity index (χ1v) is 6.75. The summed E-state index contributed by atoms with van der Waals surface area (Å²) in [4.78, 5) is 0. The lowest BCUT2D eigenvalue weighted by atomic mass is 9.97. The van der Waals surface area contributed by atoms with Crippen LogP contribution in [0.25, 0.3) is 0 Å². The average Bonchev–Trinajstić information content (AvgIpc) is 2.40. The normalized spacial score (nSPS) is 18.9. The van der Waals surface area contributed by atoms with E-state index in [1.807, 2.05) is 31.2 Å². The Labute approximate surface area is 104 Å². The fourth-order valence-corrected chi connectivity index (χ4v) is 2.45. The summed E-state index contributed by atoms with van der Waals surface area (Å²) in [5, 5.41) is 9.96. The van der Waals surface area contributed by atoms with Gasteiger partial charge in [0.15, 0.2) is 0 Å². The Morgan fingerprint density at radius 3 is 2.65 bits per heavy atom. The number of aliphatic hydroxyl groups excluding tert-OH is 1. The third-order valence-electron chi connectivity index (χ3n) is 3.51. The molecule has 0 aliphatic heterocycles. The molecule has 1 aromatic carbocycles. The van der Waals surface area contributed by atoms with Crippen molar-refractivity contribution in [1.82, 2.24) is 0 Å². The molecular formula is C15H22O2. The molecule has 2 rings (SSSR count). The van der Waals surface area contributed by atoms with E-state index in [0.717, 1.165) is 30.6 Å². The largest absolute Gasteiger partial charge is 0.490 e. The minimum Gasteiger partial charge on any atom is -0.490 e. The van der Waals surface area contributed by atoms with Crippen LogP contribution >= 0.6 is 0 Å². The molecule has 1 aliphatic carbocycles. The zero-order valence-electron chi connectivity index (χ0n) is 10.6. The number of rotatable bonds is 4. The molecule has 1 N–H and O–H groups in total. The average molecular weight is 234 g/mol. The summed E-state index contributed by atoms with van der Waals surface area (Å²) in [5.74, 6) is 0.869. The van der Waals surface area contributed by atoms with E-state index in [-0.39, 0.29) is 0 Å². The number of hydrogen-bond donors (Lipinski definition) is 1. The number of aliphatic hydroxyl groups is 1. The third kappa shape index (κ3) is 3.22. The first-order chi connectivity index (χ1) is 8.31. The van der Waals surface area contributed by atoms with Crippen LogP contribution in [0.2, 0.25) is 0 Å². The van der Waals surface area contributed by atoms with Crippen LogP contribution in [0.15, 0.2) is 24.3 Å². The van der Waals surface area contributed by atoms with Crippen LogP contribution in [-0.4, -0.2) is 11.2 Å². The van der Waals surface area contributed by atoms with Gasteiger partial charge in [0.2, 0.25) is 0 Å². The fourth-order valence-electron chi connectivity index (χ4n) is 2.45. The van der Waals surface area contributed by atoms with Crippen molar-refractivity contribution in [3.8, 4) is 5.75 Å². The lowest BCUT2D eigenvalue weighted by molar-refractivity contribution is 0.135. The van der Waals surface area contributed by atoms with Gasteiger partial charge in [0.1, 0.15) is 5.75 Å². The topological polar surface area (TPSA) is 29.5 Å². The lowest BCUT2D eigenvalue weighted by Crippen LogP contribution is -2.20. The monoisotopic (exact) mass is 234 g/mol. The lowest BCUT2D eigenvalue weighted by Gasteiger charge is -2.25. The molecular weight excluding hydrogens is 212 g/mol. The molecule has 2 heteroatoms. The van der Waals surface area contributed by atoms with Crippen molar-refractivity contribution in [3.63, 3.8) is 0 Å². The van der Waals surface area contributed by atoms with Crippen molar-refractivity contribution in [2.45, 2.75) is 57.7 Å². The highest BCUT2D eigenvalue weighted by Crippen LogP contribution is 2.30. The van der Waals surface area contributed by atoms with Crippen LogP contribution in [0.1, 0.15) is 57.1 Å². The molecule has 1 fully saturated rings. The van der Waals surface area contributed by atoms with Gasteiger partial charge in [-0.3, -0.25) is 0 Å². The van der Waals surface area contributed by atoms with Gasteiger partial charge in [0.05, 0.1) is 12.2 Å². The minimum absolute atomic E-state index is 0.342. The van der Waals surface area contributed by atoms with E-state index in [4.69, 9.17) is 4.74 Å². The van der Waals surface area contributed by atoms with Crippen LogP contribution in [0.3, 0.4) is 0 Å². The predicted molar refractivity (Wildman–Crippen MR) is 69.2 cm³/mol. The quantitative estimate of drug-likeness (QED) is 0.857. The SMILES string of the molecule is CCC(O)c1ccccc1OC1CCCCC1. The smallest absolute Gasteiger partial charge is 0.125 e. The van der Waals surface area contributed by atoms with Crippen molar-refractivity contribution in [3.05, 3.63) is 29.8 Å². The Hall–Kier alpha value is -1.02. The van der Waals surface area contributed by atoms with E-state index in [0.29, 0.717) is 6.10 Å². The Kier molecular flexibility index (Phi) is 4.43. The van der Waals surface area contributed by atoms with Crippen molar-refractivity contribution < 1.29 is 9.84 Å². The van der Waals surface area contributed by atoms with E-state index in [9.17, 15) is 5.11 Å². The summed E-state index contributed by atoms with van der Waals surface area (Å²) in [7, 11) is 0. The van der Waals surface area contributed by atoms with Crippen molar-refractivity contribution in [2.75, 3.05) is 0 Å². The molecule has 0 heterocycles. The summed E-state index contributed by atoms with van der Waals surface area (Å²) in [6.45, 7) is 1.99. The molecule has 1 aromatic rings. The highest BCUT2D eigenvalue weighted by molar-refractivity contribution is 5.35. The number of para-hydroxylation sites is 1. The van der Waals surface area contributed by atoms with Gasteiger partial charge in [-0.1, -0.05) is 31.5 Å². The van der Waals surface area contributed by atoms with Crippen LogP contribution in [0, 0.1) is 0 Å². The second-order valence-corrected chi connectivity index (χ2v) is 4.84. The van der Waals surface area contributed by atoms with Gasteiger partial charge in [-0.15, -0.1) is 0 Å². The summed E-state index contributed by atoms with van der Waals surface area (Å²) >= 11 is 0. The molecule has 1 saturated carbocycles. The molecule has 0 amide bonds. The molecule has 2 nitrogen and oxygen atoms in total. The van der Waals surface area contributed by atoms with Crippen LogP contribution < -0.4 is 4.74 Å². The second-order valence-electron chi connectivity index (χ2n) is 4.84. The van der Waals surface area contributed by atoms with Crippen molar-refractivity contribution in [2.24, 2.45) is 0 Å². The zero-order chi connectivity index (χ0) is 12.1. The minimum atomic E-state index is -0.408. The Morgan fingerprint density at radius 1 is 1.24 bits per heavy atom. The maximum absolute atomic E-state index is 9.96. The predicted octanol–water partition coefficient (Wildman–Crippen LogP) is 3.84. The van der Waals surface area contributed by atoms with Gasteiger partial charge in [0.25, 0.3) is 0 Å². The van der Waals surface area contributed by atoms with Gasteiger partial charge in [-0.25, -0.2) is 0 Å². The van der Waals surface area contributed by atoms with Gasteiger partial charge in [0, 0.05) is 5.56 Å². The fraction of sp³-hybridized carbons (Fsp3) is 0.600. The van der Waals surface area contributed by atoms with Gasteiger partial charge >= 0.3 is 0 Å². The summed E-state index contributed by atoms with van der Waals surface area (Å²) in [6.07, 6.45) is 6.83.